The van der Waals surface area contributed by atoms with Gasteiger partial charge in [-0.05, 0) is 52.6 Å². The molecule has 2 heteroatoms. The van der Waals surface area contributed by atoms with Gasteiger partial charge in [-0.2, -0.15) is 0 Å². The van der Waals surface area contributed by atoms with Crippen molar-refractivity contribution in [2.24, 2.45) is 0 Å². The van der Waals surface area contributed by atoms with Crippen LogP contribution in [0.3, 0.4) is 0 Å². The maximum absolute atomic E-state index is 12.6. The van der Waals surface area contributed by atoms with Gasteiger partial charge in [0.2, 0.25) is 0 Å². The summed E-state index contributed by atoms with van der Waals surface area (Å²) in [5, 5.41) is 8.15. The van der Waals surface area contributed by atoms with E-state index in [0.717, 1.165) is 19.4 Å². The van der Waals surface area contributed by atoms with E-state index in [1.165, 1.54) is 27.1 Å². The van der Waals surface area contributed by atoms with Gasteiger partial charge in [0, 0.05) is 6.42 Å². The summed E-state index contributed by atoms with van der Waals surface area (Å²) in [5.41, 5.74) is 1.17. The van der Waals surface area contributed by atoms with E-state index in [4.69, 9.17) is 0 Å². The second-order valence-electron chi connectivity index (χ2n) is 6.09. The van der Waals surface area contributed by atoms with Crippen LogP contribution in [-0.2, 0) is 11.2 Å². The van der Waals surface area contributed by atoms with Crippen molar-refractivity contribution in [1.29, 1.82) is 0 Å². The second-order valence-corrected chi connectivity index (χ2v) is 6.09. The number of fused-ring (bicyclic) bond motifs is 2. The van der Waals surface area contributed by atoms with Gasteiger partial charge in [0.05, 0.1) is 6.04 Å². The first-order valence-electron chi connectivity index (χ1n) is 7.98. The number of nitrogens with one attached hydrogen (secondary N) is 1. The molecule has 0 amide bonds. The van der Waals surface area contributed by atoms with Crippen molar-refractivity contribution < 1.29 is 4.79 Å². The largest absolute Gasteiger partial charge is 0.307 e. The van der Waals surface area contributed by atoms with Gasteiger partial charge >= 0.3 is 0 Å². The fraction of sp³-hybridized carbons (Fsp3) is 0.250. The molecule has 110 valence electrons. The van der Waals surface area contributed by atoms with E-state index in [2.05, 4.69) is 59.9 Å². The Labute approximate surface area is 130 Å². The first-order chi connectivity index (χ1) is 10.8. The first-order valence-corrected chi connectivity index (χ1v) is 7.98. The summed E-state index contributed by atoms with van der Waals surface area (Å²) in [6, 6.07) is 19.0. The Morgan fingerprint density at radius 3 is 2.23 bits per heavy atom. The average molecular weight is 289 g/mol. The van der Waals surface area contributed by atoms with Gasteiger partial charge in [-0.3, -0.25) is 4.79 Å². The molecule has 3 aromatic rings. The van der Waals surface area contributed by atoms with E-state index in [-0.39, 0.29) is 6.04 Å². The van der Waals surface area contributed by atoms with E-state index in [0.29, 0.717) is 12.2 Å². The molecule has 1 unspecified atom stereocenters. The highest BCUT2D eigenvalue weighted by atomic mass is 16.1. The maximum Gasteiger partial charge on any atom is 0.154 e. The molecule has 0 radical (unpaired) electrons. The van der Waals surface area contributed by atoms with Crippen molar-refractivity contribution in [2.45, 2.75) is 25.3 Å². The van der Waals surface area contributed by atoms with Gasteiger partial charge in [-0.25, -0.2) is 0 Å². The molecule has 0 aliphatic carbocycles. The topological polar surface area (TPSA) is 29.1 Å². The molecule has 3 aromatic carbocycles. The molecule has 1 N–H and O–H groups in total. The second kappa shape index (κ2) is 5.54. The summed E-state index contributed by atoms with van der Waals surface area (Å²) < 4.78 is 0. The standard InChI is InChI=1S/C20H19NO/c22-20(19-10-5-11-21-19)13-18-16-8-3-1-6-14(16)12-15-7-2-4-9-17(15)18/h1-4,6-9,12,19,21H,5,10-11,13H2. The Kier molecular flexibility index (Phi) is 3.39. The molecule has 1 saturated heterocycles. The third-order valence-corrected chi connectivity index (χ3v) is 4.68. The lowest BCUT2D eigenvalue weighted by atomic mass is 9.92. The molecule has 0 saturated carbocycles. The van der Waals surface area contributed by atoms with Crippen LogP contribution in [0.15, 0.2) is 54.6 Å². The molecular formula is C20H19NO. The SMILES string of the molecule is O=C(Cc1c2ccccc2cc2ccccc12)C1CCCN1. The molecular weight excluding hydrogens is 270 g/mol. The lowest BCUT2D eigenvalue weighted by Crippen LogP contribution is -2.32. The maximum atomic E-state index is 12.6. The molecule has 1 heterocycles. The van der Waals surface area contributed by atoms with E-state index in [1.54, 1.807) is 0 Å². The summed E-state index contributed by atoms with van der Waals surface area (Å²) in [6.45, 7) is 0.965. The Hall–Kier alpha value is -2.19. The van der Waals surface area contributed by atoms with Gasteiger partial charge in [-0.15, -0.1) is 0 Å². The van der Waals surface area contributed by atoms with Crippen LogP contribution in [-0.4, -0.2) is 18.4 Å². The lowest BCUT2D eigenvalue weighted by Gasteiger charge is -2.14. The highest BCUT2D eigenvalue weighted by molar-refractivity contribution is 6.05. The molecule has 0 bridgehead atoms. The number of carbonyl (C=O) groups excluding carboxylic acids is 1. The Bertz CT molecular complexity index is 793. The zero-order valence-electron chi connectivity index (χ0n) is 12.5. The monoisotopic (exact) mass is 289 g/mol. The summed E-state index contributed by atoms with van der Waals surface area (Å²) in [4.78, 5) is 12.6. The molecule has 22 heavy (non-hydrogen) atoms. The molecule has 1 aliphatic rings. The Morgan fingerprint density at radius 1 is 1.00 bits per heavy atom. The van der Waals surface area contributed by atoms with E-state index in [1.807, 2.05) is 0 Å². The number of hydrogen-bond donors (Lipinski definition) is 1. The van der Waals surface area contributed by atoms with Crippen LogP contribution < -0.4 is 5.32 Å². The zero-order valence-corrected chi connectivity index (χ0v) is 12.5. The van der Waals surface area contributed by atoms with Crippen molar-refractivity contribution >= 4 is 27.3 Å². The van der Waals surface area contributed by atoms with Gasteiger partial charge in [0.25, 0.3) is 0 Å². The molecule has 0 aromatic heterocycles. The summed E-state index contributed by atoms with van der Waals surface area (Å²) in [5.74, 6) is 0.319. The van der Waals surface area contributed by atoms with Crippen LogP contribution in [0.1, 0.15) is 18.4 Å². The Morgan fingerprint density at radius 2 is 1.64 bits per heavy atom. The normalized spacial score (nSPS) is 18.1. The van der Waals surface area contributed by atoms with Crippen LogP contribution >= 0.6 is 0 Å². The van der Waals surface area contributed by atoms with Crippen LogP contribution in [0.5, 0.6) is 0 Å². The third kappa shape index (κ3) is 2.30. The van der Waals surface area contributed by atoms with Crippen molar-refractivity contribution in [3.05, 3.63) is 60.2 Å². The molecule has 4 rings (SSSR count). The molecule has 1 aliphatic heterocycles. The van der Waals surface area contributed by atoms with Gasteiger partial charge in [0.15, 0.2) is 5.78 Å². The molecule has 2 nitrogen and oxygen atoms in total. The number of rotatable bonds is 3. The Balaban J connectivity index is 1.86. The summed E-state index contributed by atoms with van der Waals surface area (Å²) in [7, 11) is 0. The van der Waals surface area contributed by atoms with E-state index < -0.39 is 0 Å². The van der Waals surface area contributed by atoms with Crippen LogP contribution in [0.2, 0.25) is 0 Å². The lowest BCUT2D eigenvalue weighted by molar-refractivity contribution is -0.120. The summed E-state index contributed by atoms with van der Waals surface area (Å²) >= 11 is 0. The van der Waals surface area contributed by atoms with Gasteiger partial charge in [-0.1, -0.05) is 48.5 Å². The van der Waals surface area contributed by atoms with Crippen LogP contribution in [0, 0.1) is 0 Å². The number of hydrogen-bond acceptors (Lipinski definition) is 2. The third-order valence-electron chi connectivity index (χ3n) is 4.68. The van der Waals surface area contributed by atoms with Crippen LogP contribution in [0.4, 0.5) is 0 Å². The number of ketones is 1. The minimum absolute atomic E-state index is 0.0396. The van der Waals surface area contributed by atoms with Gasteiger partial charge in [0.1, 0.15) is 0 Å². The fourth-order valence-corrected chi connectivity index (χ4v) is 3.56. The predicted octanol–water partition coefficient (Wildman–Crippen LogP) is 3.86. The van der Waals surface area contributed by atoms with Crippen molar-refractivity contribution in [3.63, 3.8) is 0 Å². The van der Waals surface area contributed by atoms with Crippen molar-refractivity contribution in [1.82, 2.24) is 5.32 Å². The van der Waals surface area contributed by atoms with Crippen molar-refractivity contribution in [3.8, 4) is 0 Å². The minimum Gasteiger partial charge on any atom is -0.307 e. The number of Topliss-reactive ketones (excluding diaryl/α,β-unsaturated/α-hetero) is 1. The first kappa shape index (κ1) is 13.5. The average Bonchev–Trinajstić information content (AvgIpc) is 3.09. The fourth-order valence-electron chi connectivity index (χ4n) is 3.56. The molecule has 1 atom stereocenters. The summed E-state index contributed by atoms with van der Waals surface area (Å²) in [6.07, 6.45) is 2.59. The van der Waals surface area contributed by atoms with E-state index >= 15 is 0 Å². The van der Waals surface area contributed by atoms with E-state index in [9.17, 15) is 4.79 Å². The highest BCUT2D eigenvalue weighted by Gasteiger charge is 2.23. The van der Waals surface area contributed by atoms with Gasteiger partial charge < -0.3 is 5.32 Å². The predicted molar refractivity (Wildman–Crippen MR) is 91.2 cm³/mol. The molecule has 1 fully saturated rings. The number of benzene rings is 3. The van der Waals surface area contributed by atoms with Crippen LogP contribution in [0.25, 0.3) is 21.5 Å². The minimum atomic E-state index is 0.0396. The van der Waals surface area contributed by atoms with Crippen molar-refractivity contribution in [2.75, 3.05) is 6.54 Å². The smallest absolute Gasteiger partial charge is 0.154 e. The quantitative estimate of drug-likeness (QED) is 0.742. The highest BCUT2D eigenvalue weighted by Crippen LogP contribution is 2.29. The zero-order chi connectivity index (χ0) is 14.9. The molecule has 0 spiro atoms. The number of carbonyl (C=O) groups is 1.